The monoisotopic (exact) mass is 340 g/mol. The van der Waals surface area contributed by atoms with Crippen molar-refractivity contribution in [1.29, 1.82) is 0 Å². The second kappa shape index (κ2) is 7.64. The highest BCUT2D eigenvalue weighted by atomic mass is 79.9. The van der Waals surface area contributed by atoms with E-state index in [9.17, 15) is 4.79 Å². The lowest BCUT2D eigenvalue weighted by molar-refractivity contribution is -0.129. The SMILES string of the molecule is CN(Cc1ccc(N2CCOCC2)cc1)C(=O)CCBr. The van der Waals surface area contributed by atoms with Gasteiger partial charge in [0.15, 0.2) is 0 Å². The van der Waals surface area contributed by atoms with E-state index in [0.29, 0.717) is 18.3 Å². The number of rotatable bonds is 5. The van der Waals surface area contributed by atoms with Crippen LogP contribution < -0.4 is 4.90 Å². The Morgan fingerprint density at radius 1 is 1.30 bits per heavy atom. The summed E-state index contributed by atoms with van der Waals surface area (Å²) < 4.78 is 5.36. The fourth-order valence-electron chi connectivity index (χ4n) is 2.27. The van der Waals surface area contributed by atoms with Crippen molar-refractivity contribution in [3.05, 3.63) is 29.8 Å². The third-order valence-electron chi connectivity index (χ3n) is 3.47. The van der Waals surface area contributed by atoms with E-state index in [1.54, 1.807) is 4.90 Å². The van der Waals surface area contributed by atoms with Crippen LogP contribution in [0.4, 0.5) is 5.69 Å². The highest BCUT2D eigenvalue weighted by molar-refractivity contribution is 9.09. The molecule has 0 aliphatic carbocycles. The van der Waals surface area contributed by atoms with Gasteiger partial charge in [0.05, 0.1) is 13.2 Å². The van der Waals surface area contributed by atoms with E-state index in [0.717, 1.165) is 31.9 Å². The molecule has 1 aromatic rings. The number of carbonyl (C=O) groups is 1. The zero-order valence-corrected chi connectivity index (χ0v) is 13.4. The van der Waals surface area contributed by atoms with E-state index < -0.39 is 0 Å². The predicted molar refractivity (Wildman–Crippen MR) is 84.4 cm³/mol. The molecule has 0 aromatic heterocycles. The van der Waals surface area contributed by atoms with Crippen LogP contribution in [0.5, 0.6) is 0 Å². The van der Waals surface area contributed by atoms with E-state index in [1.807, 2.05) is 7.05 Å². The van der Waals surface area contributed by atoms with E-state index in [2.05, 4.69) is 45.1 Å². The number of ether oxygens (including phenoxy) is 1. The Hall–Kier alpha value is -1.07. The predicted octanol–water partition coefficient (Wildman–Crippen LogP) is 2.27. The molecule has 0 saturated carbocycles. The Balaban J connectivity index is 1.92. The van der Waals surface area contributed by atoms with Crippen molar-refractivity contribution in [2.75, 3.05) is 43.6 Å². The first-order chi connectivity index (χ1) is 9.70. The molecule has 4 nitrogen and oxygen atoms in total. The van der Waals surface area contributed by atoms with Gasteiger partial charge >= 0.3 is 0 Å². The molecular weight excluding hydrogens is 320 g/mol. The number of nitrogens with zero attached hydrogens (tertiary/aromatic N) is 2. The molecule has 1 aliphatic rings. The third-order valence-corrected chi connectivity index (χ3v) is 3.86. The molecule has 0 spiro atoms. The van der Waals surface area contributed by atoms with Crippen molar-refractivity contribution in [3.63, 3.8) is 0 Å². The molecule has 0 atom stereocenters. The van der Waals surface area contributed by atoms with Gasteiger partial charge in [-0.3, -0.25) is 4.79 Å². The topological polar surface area (TPSA) is 32.8 Å². The minimum atomic E-state index is 0.166. The summed E-state index contributed by atoms with van der Waals surface area (Å²) in [6.45, 7) is 4.15. The van der Waals surface area contributed by atoms with E-state index in [4.69, 9.17) is 4.74 Å². The van der Waals surface area contributed by atoms with Crippen molar-refractivity contribution >= 4 is 27.5 Å². The average molecular weight is 341 g/mol. The van der Waals surface area contributed by atoms with Crippen molar-refractivity contribution in [2.45, 2.75) is 13.0 Å². The molecule has 1 aliphatic heterocycles. The number of hydrogen-bond acceptors (Lipinski definition) is 3. The second-order valence-corrected chi connectivity index (χ2v) is 5.75. The summed E-state index contributed by atoms with van der Waals surface area (Å²) >= 11 is 3.29. The molecule has 20 heavy (non-hydrogen) atoms. The number of morpholine rings is 1. The zero-order valence-electron chi connectivity index (χ0n) is 11.8. The molecule has 2 rings (SSSR count). The largest absolute Gasteiger partial charge is 0.378 e. The number of carbonyl (C=O) groups excluding carboxylic acids is 1. The summed E-state index contributed by atoms with van der Waals surface area (Å²) in [5.41, 5.74) is 2.39. The fraction of sp³-hybridized carbons (Fsp3) is 0.533. The molecule has 5 heteroatoms. The van der Waals surface area contributed by atoms with Gasteiger partial charge in [-0.15, -0.1) is 0 Å². The van der Waals surface area contributed by atoms with Crippen molar-refractivity contribution in [3.8, 4) is 0 Å². The molecule has 1 aromatic carbocycles. The molecule has 0 unspecified atom stereocenters. The second-order valence-electron chi connectivity index (χ2n) is 4.95. The Labute approximate surface area is 128 Å². The minimum Gasteiger partial charge on any atom is -0.378 e. The number of benzene rings is 1. The summed E-state index contributed by atoms with van der Waals surface area (Å²) in [6.07, 6.45) is 0.544. The summed E-state index contributed by atoms with van der Waals surface area (Å²) in [5, 5.41) is 0.714. The van der Waals surface area contributed by atoms with Crippen LogP contribution in [0.2, 0.25) is 0 Å². The summed E-state index contributed by atoms with van der Waals surface area (Å²) in [5.74, 6) is 0.166. The molecule has 0 bridgehead atoms. The summed E-state index contributed by atoms with van der Waals surface area (Å²) in [7, 11) is 1.85. The number of amides is 1. The third kappa shape index (κ3) is 4.21. The standard InChI is InChI=1S/C15H21BrN2O2/c1-17(15(19)6-7-16)12-13-2-4-14(5-3-13)18-8-10-20-11-9-18/h2-5H,6-12H2,1H3. The van der Waals surface area contributed by atoms with Gasteiger partial charge in [-0.25, -0.2) is 0 Å². The minimum absolute atomic E-state index is 0.166. The number of anilines is 1. The Kier molecular flexibility index (Phi) is 5.86. The average Bonchev–Trinajstić information content (AvgIpc) is 2.49. The molecule has 0 N–H and O–H groups in total. The zero-order chi connectivity index (χ0) is 14.4. The van der Waals surface area contributed by atoms with Crippen LogP contribution >= 0.6 is 15.9 Å². The maximum atomic E-state index is 11.7. The lowest BCUT2D eigenvalue weighted by Gasteiger charge is -2.29. The number of alkyl halides is 1. The van der Waals surface area contributed by atoms with Gasteiger partial charge in [-0.05, 0) is 17.7 Å². The van der Waals surface area contributed by atoms with Crippen molar-refractivity contribution < 1.29 is 9.53 Å². The van der Waals surface area contributed by atoms with Gasteiger partial charge in [0.1, 0.15) is 0 Å². The van der Waals surface area contributed by atoms with Crippen LogP contribution in [0.15, 0.2) is 24.3 Å². The highest BCUT2D eigenvalue weighted by Crippen LogP contribution is 2.17. The first kappa shape index (κ1) is 15.3. The van der Waals surface area contributed by atoms with Crippen molar-refractivity contribution in [1.82, 2.24) is 4.90 Å². The highest BCUT2D eigenvalue weighted by Gasteiger charge is 2.12. The smallest absolute Gasteiger partial charge is 0.223 e. The fourth-order valence-corrected chi connectivity index (χ4v) is 2.61. The van der Waals surface area contributed by atoms with Gasteiger partial charge in [0.2, 0.25) is 5.91 Å². The van der Waals surface area contributed by atoms with Gasteiger partial charge in [0, 0.05) is 44.1 Å². The maximum Gasteiger partial charge on any atom is 0.223 e. The maximum absolute atomic E-state index is 11.7. The van der Waals surface area contributed by atoms with Crippen LogP contribution in [-0.2, 0) is 16.1 Å². The first-order valence-corrected chi connectivity index (χ1v) is 8.04. The van der Waals surface area contributed by atoms with Crippen LogP contribution in [0.1, 0.15) is 12.0 Å². The lowest BCUT2D eigenvalue weighted by Crippen LogP contribution is -2.36. The molecule has 110 valence electrons. The summed E-state index contributed by atoms with van der Waals surface area (Å²) in [6, 6.07) is 8.46. The molecule has 0 radical (unpaired) electrons. The lowest BCUT2D eigenvalue weighted by atomic mass is 10.1. The van der Waals surface area contributed by atoms with Gasteiger partial charge in [-0.1, -0.05) is 28.1 Å². The van der Waals surface area contributed by atoms with E-state index in [-0.39, 0.29) is 5.91 Å². The number of halogens is 1. The molecule has 1 fully saturated rings. The normalized spacial score (nSPS) is 15.2. The molecule has 1 amide bonds. The van der Waals surface area contributed by atoms with Crippen LogP contribution in [0.25, 0.3) is 0 Å². The Morgan fingerprint density at radius 2 is 1.95 bits per heavy atom. The van der Waals surface area contributed by atoms with Crippen LogP contribution in [0, 0.1) is 0 Å². The molecule has 1 saturated heterocycles. The van der Waals surface area contributed by atoms with E-state index >= 15 is 0 Å². The van der Waals surface area contributed by atoms with Gasteiger partial charge in [0.25, 0.3) is 0 Å². The van der Waals surface area contributed by atoms with Crippen LogP contribution in [0.3, 0.4) is 0 Å². The van der Waals surface area contributed by atoms with Gasteiger partial charge in [-0.2, -0.15) is 0 Å². The first-order valence-electron chi connectivity index (χ1n) is 6.92. The van der Waals surface area contributed by atoms with Gasteiger partial charge < -0.3 is 14.5 Å². The van der Waals surface area contributed by atoms with Crippen LogP contribution in [-0.4, -0.2) is 49.5 Å². The van der Waals surface area contributed by atoms with E-state index in [1.165, 1.54) is 5.69 Å². The Bertz CT molecular complexity index is 430. The van der Waals surface area contributed by atoms with Crippen molar-refractivity contribution in [2.24, 2.45) is 0 Å². The Morgan fingerprint density at radius 3 is 2.55 bits per heavy atom. The summed E-state index contributed by atoms with van der Waals surface area (Å²) in [4.78, 5) is 15.8. The molecular formula is C15H21BrN2O2. The number of hydrogen-bond donors (Lipinski definition) is 0. The molecule has 1 heterocycles. The quantitative estimate of drug-likeness (QED) is 0.771.